The van der Waals surface area contributed by atoms with E-state index in [1.54, 1.807) is 32.2 Å². The van der Waals surface area contributed by atoms with E-state index in [0.717, 1.165) is 30.5 Å². The Balaban J connectivity index is 1.45. The smallest absolute Gasteiger partial charge is 0.264 e. The number of likely N-dealkylation sites (N-methyl/N-ethyl adjacent to an activating group) is 1. The second kappa shape index (κ2) is 6.68. The van der Waals surface area contributed by atoms with Crippen molar-refractivity contribution in [3.8, 4) is 5.75 Å². The van der Waals surface area contributed by atoms with Crippen LogP contribution in [0.5, 0.6) is 5.75 Å². The molecule has 30 heavy (non-hydrogen) atoms. The van der Waals surface area contributed by atoms with Crippen LogP contribution in [0.2, 0.25) is 0 Å². The number of benzene rings is 1. The number of hydrogen-bond acceptors (Lipinski definition) is 5. The van der Waals surface area contributed by atoms with Crippen LogP contribution in [0.1, 0.15) is 46.7 Å². The van der Waals surface area contributed by atoms with Crippen molar-refractivity contribution in [3.05, 3.63) is 51.2 Å². The lowest BCUT2D eigenvalue weighted by Crippen LogP contribution is -2.48. The summed E-state index contributed by atoms with van der Waals surface area (Å²) in [5, 5.41) is 0. The Bertz CT molecular complexity index is 1120. The molecule has 0 saturated carbocycles. The maximum absolute atomic E-state index is 13.4. The van der Waals surface area contributed by atoms with E-state index in [4.69, 9.17) is 4.74 Å². The van der Waals surface area contributed by atoms with Gasteiger partial charge >= 0.3 is 0 Å². The number of hydrogen-bond donors (Lipinski definition) is 1. The van der Waals surface area contributed by atoms with E-state index >= 15 is 0 Å². The topological polar surface area (TPSA) is 95.6 Å². The number of piperidine rings is 1. The zero-order valence-corrected chi connectivity index (χ0v) is 17.2. The predicted molar refractivity (Wildman–Crippen MR) is 110 cm³/mol. The molecule has 8 nitrogen and oxygen atoms in total. The SMILES string of the molecule is Cc1nc2c(c(=O)[nH]1)CCC21CCCN(C(=O)c2ccc3c(c2)N(C)C(=O)CO3)C1. The highest BCUT2D eigenvalue weighted by molar-refractivity contribution is 6.01. The van der Waals surface area contributed by atoms with Gasteiger partial charge in [-0.05, 0) is 50.8 Å². The Morgan fingerprint density at radius 1 is 1.27 bits per heavy atom. The van der Waals surface area contributed by atoms with Gasteiger partial charge in [0.15, 0.2) is 6.61 Å². The number of fused-ring (bicyclic) bond motifs is 3. The molecule has 2 aromatic rings. The molecule has 1 unspecified atom stereocenters. The van der Waals surface area contributed by atoms with Gasteiger partial charge in [0, 0.05) is 36.7 Å². The van der Waals surface area contributed by atoms with Crippen LogP contribution >= 0.6 is 0 Å². The molecule has 3 aliphatic rings. The summed E-state index contributed by atoms with van der Waals surface area (Å²) in [6.07, 6.45) is 3.32. The number of nitrogens with one attached hydrogen (secondary N) is 1. The highest BCUT2D eigenvalue weighted by Crippen LogP contribution is 2.43. The second-order valence-electron chi connectivity index (χ2n) is 8.51. The first-order chi connectivity index (χ1) is 14.4. The molecule has 8 heteroatoms. The molecule has 2 aliphatic heterocycles. The number of likely N-dealkylation sites (tertiary alicyclic amines) is 1. The van der Waals surface area contributed by atoms with Crippen LogP contribution in [0.4, 0.5) is 5.69 Å². The molecule has 1 atom stereocenters. The summed E-state index contributed by atoms with van der Waals surface area (Å²) in [5.74, 6) is 1.01. The van der Waals surface area contributed by atoms with Crippen LogP contribution in [-0.4, -0.2) is 53.4 Å². The zero-order valence-electron chi connectivity index (χ0n) is 17.2. The van der Waals surface area contributed by atoms with E-state index in [0.29, 0.717) is 42.3 Å². The van der Waals surface area contributed by atoms with E-state index in [1.807, 2.05) is 4.90 Å². The lowest BCUT2D eigenvalue weighted by Gasteiger charge is -2.40. The van der Waals surface area contributed by atoms with Gasteiger partial charge in [-0.25, -0.2) is 4.98 Å². The fraction of sp³-hybridized carbons (Fsp3) is 0.455. The summed E-state index contributed by atoms with van der Waals surface area (Å²) in [7, 11) is 1.69. The molecule has 2 amide bonds. The molecule has 1 N–H and O–H groups in total. The average molecular weight is 408 g/mol. The van der Waals surface area contributed by atoms with E-state index in [1.165, 1.54) is 4.90 Å². The average Bonchev–Trinajstić information content (AvgIpc) is 3.08. The van der Waals surface area contributed by atoms with Crippen LogP contribution in [0.3, 0.4) is 0 Å². The number of anilines is 1. The van der Waals surface area contributed by atoms with Crippen LogP contribution in [0.15, 0.2) is 23.0 Å². The van der Waals surface area contributed by atoms with E-state index in [-0.39, 0.29) is 29.4 Å². The largest absolute Gasteiger partial charge is 0.482 e. The van der Waals surface area contributed by atoms with Gasteiger partial charge in [-0.2, -0.15) is 0 Å². The molecule has 156 valence electrons. The minimum atomic E-state index is -0.258. The summed E-state index contributed by atoms with van der Waals surface area (Å²) in [6.45, 7) is 3.03. The molecule has 1 aromatic heterocycles. The maximum Gasteiger partial charge on any atom is 0.264 e. The quantitative estimate of drug-likeness (QED) is 0.773. The van der Waals surface area contributed by atoms with Crippen molar-refractivity contribution >= 4 is 17.5 Å². The number of rotatable bonds is 1. The van der Waals surface area contributed by atoms with Gasteiger partial charge in [0.1, 0.15) is 11.6 Å². The van der Waals surface area contributed by atoms with Crippen molar-refractivity contribution in [2.24, 2.45) is 0 Å². The van der Waals surface area contributed by atoms with Crippen molar-refractivity contribution in [1.82, 2.24) is 14.9 Å². The fourth-order valence-corrected chi connectivity index (χ4v) is 5.05. The molecule has 0 radical (unpaired) electrons. The highest BCUT2D eigenvalue weighted by atomic mass is 16.5. The minimum Gasteiger partial charge on any atom is -0.482 e. The molecule has 1 saturated heterocycles. The van der Waals surface area contributed by atoms with Gasteiger partial charge in [0.05, 0.1) is 11.4 Å². The lowest BCUT2D eigenvalue weighted by atomic mass is 9.77. The van der Waals surface area contributed by atoms with E-state index < -0.39 is 0 Å². The molecule has 1 spiro atoms. The first-order valence-corrected chi connectivity index (χ1v) is 10.3. The number of H-pyrrole nitrogens is 1. The highest BCUT2D eigenvalue weighted by Gasteiger charge is 2.45. The third-order valence-electron chi connectivity index (χ3n) is 6.65. The van der Waals surface area contributed by atoms with Gasteiger partial charge in [0.2, 0.25) is 0 Å². The second-order valence-corrected chi connectivity index (χ2v) is 8.51. The van der Waals surface area contributed by atoms with Crippen molar-refractivity contribution in [2.45, 2.75) is 38.0 Å². The molecule has 1 aromatic carbocycles. The number of aryl methyl sites for hydroxylation is 1. The van der Waals surface area contributed by atoms with E-state index in [2.05, 4.69) is 9.97 Å². The monoisotopic (exact) mass is 408 g/mol. The molecule has 1 aliphatic carbocycles. The normalized spacial score (nSPS) is 22.7. The molecule has 0 bridgehead atoms. The number of aromatic amines is 1. The van der Waals surface area contributed by atoms with Crippen molar-refractivity contribution in [1.29, 1.82) is 0 Å². The molecular formula is C22H24N4O4. The Morgan fingerprint density at radius 3 is 2.93 bits per heavy atom. The number of amides is 2. The molecular weight excluding hydrogens is 384 g/mol. The number of nitrogens with zero attached hydrogens (tertiary/aromatic N) is 3. The summed E-state index contributed by atoms with van der Waals surface area (Å²) in [6, 6.07) is 5.23. The first-order valence-electron chi connectivity index (χ1n) is 10.3. The minimum absolute atomic E-state index is 0.0103. The van der Waals surface area contributed by atoms with Crippen molar-refractivity contribution in [2.75, 3.05) is 31.6 Å². The van der Waals surface area contributed by atoms with Crippen LogP contribution in [0.25, 0.3) is 0 Å². The van der Waals surface area contributed by atoms with Crippen molar-refractivity contribution in [3.63, 3.8) is 0 Å². The van der Waals surface area contributed by atoms with E-state index in [9.17, 15) is 14.4 Å². The Morgan fingerprint density at radius 2 is 2.10 bits per heavy atom. The number of carbonyl (C=O) groups excluding carboxylic acids is 2. The molecule has 1 fully saturated rings. The summed E-state index contributed by atoms with van der Waals surface area (Å²) in [4.78, 5) is 48.5. The lowest BCUT2D eigenvalue weighted by molar-refractivity contribution is -0.120. The third-order valence-corrected chi connectivity index (χ3v) is 6.65. The number of carbonyl (C=O) groups is 2. The van der Waals surface area contributed by atoms with Crippen LogP contribution in [-0.2, 0) is 16.6 Å². The number of ether oxygens (including phenoxy) is 1. The summed E-state index contributed by atoms with van der Waals surface area (Å²) in [5.41, 5.74) is 2.46. The Kier molecular flexibility index (Phi) is 4.20. The fourth-order valence-electron chi connectivity index (χ4n) is 5.05. The van der Waals surface area contributed by atoms with Crippen LogP contribution in [0, 0.1) is 6.92 Å². The molecule has 5 rings (SSSR count). The predicted octanol–water partition coefficient (Wildman–Crippen LogP) is 1.55. The van der Waals surface area contributed by atoms with Gasteiger partial charge in [0.25, 0.3) is 17.4 Å². The van der Waals surface area contributed by atoms with Crippen LogP contribution < -0.4 is 15.2 Å². The van der Waals surface area contributed by atoms with Gasteiger partial charge in [-0.1, -0.05) is 0 Å². The summed E-state index contributed by atoms with van der Waals surface area (Å²) >= 11 is 0. The maximum atomic E-state index is 13.4. The standard InChI is InChI=1S/C22H24N4O4/c1-13-23-19-15(20(28)24-13)6-8-22(19)7-3-9-26(12-22)21(29)14-4-5-17-16(10-14)25(2)18(27)11-30-17/h4-5,10H,3,6-9,11-12H2,1-2H3,(H,23,24,28). The van der Waals surface area contributed by atoms with Gasteiger partial charge in [-0.3, -0.25) is 14.4 Å². The zero-order chi connectivity index (χ0) is 21.0. The van der Waals surface area contributed by atoms with Gasteiger partial charge in [-0.15, -0.1) is 0 Å². The third kappa shape index (κ3) is 2.81. The number of aromatic nitrogens is 2. The Hall–Kier alpha value is -3.16. The summed E-state index contributed by atoms with van der Waals surface area (Å²) < 4.78 is 5.47. The van der Waals surface area contributed by atoms with Crippen molar-refractivity contribution < 1.29 is 14.3 Å². The first kappa shape index (κ1) is 18.8. The molecule has 3 heterocycles. The Labute approximate surface area is 173 Å². The van der Waals surface area contributed by atoms with Gasteiger partial charge < -0.3 is 19.5 Å².